The Balaban J connectivity index is 1.09. The van der Waals surface area contributed by atoms with Crippen LogP contribution < -0.4 is 4.74 Å². The molecule has 0 amide bonds. The van der Waals surface area contributed by atoms with Gasteiger partial charge in [0.25, 0.3) is 0 Å². The fraction of sp³-hybridized carbons (Fsp3) is 0.367. The first-order valence-corrected chi connectivity index (χ1v) is 12.4. The van der Waals surface area contributed by atoms with E-state index in [1.807, 2.05) is 36.4 Å². The molecule has 0 radical (unpaired) electrons. The van der Waals surface area contributed by atoms with E-state index in [1.165, 1.54) is 11.1 Å². The molecular formula is C30H32O5. The number of benzene rings is 3. The fourth-order valence-corrected chi connectivity index (χ4v) is 4.57. The molecule has 3 aromatic rings. The SMILES string of the molecule is Cc1ccc(-c2ccc(OC(=O)c3ccc(C4CCC(OCOCC5CO5)CC4)cc3)cc2)cc1. The van der Waals surface area contributed by atoms with Crippen LogP contribution in [-0.2, 0) is 14.2 Å². The van der Waals surface area contributed by atoms with Crippen molar-refractivity contribution in [1.29, 1.82) is 0 Å². The highest BCUT2D eigenvalue weighted by molar-refractivity contribution is 5.91. The lowest BCUT2D eigenvalue weighted by molar-refractivity contribution is -0.102. The summed E-state index contributed by atoms with van der Waals surface area (Å²) in [5.41, 5.74) is 5.29. The van der Waals surface area contributed by atoms with Gasteiger partial charge in [-0.25, -0.2) is 4.79 Å². The summed E-state index contributed by atoms with van der Waals surface area (Å²) in [5, 5.41) is 0. The summed E-state index contributed by atoms with van der Waals surface area (Å²) < 4.78 is 22.1. The van der Waals surface area contributed by atoms with E-state index in [-0.39, 0.29) is 18.2 Å². The molecule has 2 fully saturated rings. The Labute approximate surface area is 207 Å². The molecule has 0 bridgehead atoms. The van der Waals surface area contributed by atoms with Crippen molar-refractivity contribution >= 4 is 5.97 Å². The first-order valence-electron chi connectivity index (χ1n) is 12.4. The molecule has 1 heterocycles. The maximum Gasteiger partial charge on any atom is 0.343 e. The third-order valence-electron chi connectivity index (χ3n) is 6.83. The van der Waals surface area contributed by atoms with Crippen LogP contribution in [0.3, 0.4) is 0 Å². The minimum Gasteiger partial charge on any atom is -0.423 e. The van der Waals surface area contributed by atoms with Crippen molar-refractivity contribution < 1.29 is 23.7 Å². The van der Waals surface area contributed by atoms with Crippen molar-refractivity contribution in [3.63, 3.8) is 0 Å². The standard InChI is InChI=1S/C30H32O5/c1-21-2-4-22(5-3-21)25-12-16-28(17-13-25)35-30(31)26-8-6-23(7-9-26)24-10-14-27(15-11-24)34-20-32-18-29-19-33-29/h2-9,12-13,16-17,24,27,29H,10-11,14-15,18-20H2,1H3. The molecule has 5 rings (SSSR count). The number of ether oxygens (including phenoxy) is 4. The molecule has 0 N–H and O–H groups in total. The van der Waals surface area contributed by atoms with Crippen LogP contribution in [0.25, 0.3) is 11.1 Å². The van der Waals surface area contributed by atoms with Gasteiger partial charge in [0.2, 0.25) is 0 Å². The maximum atomic E-state index is 12.6. The summed E-state index contributed by atoms with van der Waals surface area (Å²) in [6.45, 7) is 3.86. The minimum atomic E-state index is -0.339. The maximum absolute atomic E-state index is 12.6. The first-order chi connectivity index (χ1) is 17.1. The Morgan fingerprint density at radius 3 is 2.11 bits per heavy atom. The number of carbonyl (C=O) groups excluding carboxylic acids is 1. The number of hydrogen-bond donors (Lipinski definition) is 0. The van der Waals surface area contributed by atoms with Crippen LogP contribution in [0.15, 0.2) is 72.8 Å². The van der Waals surface area contributed by atoms with Crippen LogP contribution in [0.1, 0.15) is 53.1 Å². The van der Waals surface area contributed by atoms with Crippen molar-refractivity contribution in [2.75, 3.05) is 20.0 Å². The Bertz CT molecular complexity index is 1090. The number of hydrogen-bond acceptors (Lipinski definition) is 5. The molecule has 35 heavy (non-hydrogen) atoms. The highest BCUT2D eigenvalue weighted by Crippen LogP contribution is 2.34. The molecule has 1 aliphatic heterocycles. The van der Waals surface area contributed by atoms with Gasteiger partial charge in [-0.1, -0.05) is 54.1 Å². The second-order valence-electron chi connectivity index (χ2n) is 9.49. The molecule has 1 atom stereocenters. The third-order valence-corrected chi connectivity index (χ3v) is 6.83. The van der Waals surface area contributed by atoms with Crippen molar-refractivity contribution in [2.45, 2.75) is 50.7 Å². The first kappa shape index (κ1) is 23.7. The van der Waals surface area contributed by atoms with E-state index >= 15 is 0 Å². The monoisotopic (exact) mass is 472 g/mol. The van der Waals surface area contributed by atoms with Gasteiger partial charge < -0.3 is 18.9 Å². The van der Waals surface area contributed by atoms with Gasteiger partial charge in [0, 0.05) is 0 Å². The number of aryl methyl sites for hydroxylation is 1. The summed E-state index contributed by atoms with van der Waals surface area (Å²) in [6, 6.07) is 23.9. The third kappa shape index (κ3) is 6.57. The lowest BCUT2D eigenvalue weighted by atomic mass is 9.82. The van der Waals surface area contributed by atoms with Gasteiger partial charge in [0.1, 0.15) is 18.6 Å². The van der Waals surface area contributed by atoms with Gasteiger partial charge >= 0.3 is 5.97 Å². The zero-order chi connectivity index (χ0) is 24.0. The average Bonchev–Trinajstić information content (AvgIpc) is 3.73. The molecule has 3 aromatic carbocycles. The van der Waals surface area contributed by atoms with E-state index in [9.17, 15) is 4.79 Å². The molecule has 1 saturated carbocycles. The van der Waals surface area contributed by atoms with E-state index in [1.54, 1.807) is 0 Å². The molecule has 0 spiro atoms. The number of rotatable bonds is 9. The van der Waals surface area contributed by atoms with E-state index in [0.717, 1.165) is 43.4 Å². The van der Waals surface area contributed by atoms with Crippen LogP contribution in [0.4, 0.5) is 0 Å². The van der Waals surface area contributed by atoms with Crippen LogP contribution in [0.2, 0.25) is 0 Å². The number of epoxide rings is 1. The zero-order valence-electron chi connectivity index (χ0n) is 20.2. The Hall–Kier alpha value is -2.99. The van der Waals surface area contributed by atoms with Gasteiger partial charge in [-0.05, 0) is 79.5 Å². The van der Waals surface area contributed by atoms with Crippen molar-refractivity contribution in [1.82, 2.24) is 0 Å². The summed E-state index contributed by atoms with van der Waals surface area (Å²) in [6.07, 6.45) is 4.74. The predicted octanol–water partition coefficient (Wildman–Crippen LogP) is 6.30. The average molecular weight is 473 g/mol. The topological polar surface area (TPSA) is 57.3 Å². The second kappa shape index (κ2) is 11.2. The molecule has 182 valence electrons. The molecular weight excluding hydrogens is 440 g/mol. The minimum absolute atomic E-state index is 0.262. The zero-order valence-corrected chi connectivity index (χ0v) is 20.2. The van der Waals surface area contributed by atoms with Crippen LogP contribution in [0, 0.1) is 6.92 Å². The quantitative estimate of drug-likeness (QED) is 0.120. The number of esters is 1. The van der Waals surface area contributed by atoms with Gasteiger partial charge in [-0.15, -0.1) is 0 Å². The van der Waals surface area contributed by atoms with E-state index in [0.29, 0.717) is 30.6 Å². The smallest absolute Gasteiger partial charge is 0.343 e. The number of carbonyl (C=O) groups is 1. The molecule has 1 unspecified atom stereocenters. The Kier molecular flexibility index (Phi) is 7.57. The van der Waals surface area contributed by atoms with Gasteiger partial charge in [0.05, 0.1) is 24.9 Å². The molecule has 1 saturated heterocycles. The molecule has 0 aromatic heterocycles. The lowest BCUT2D eigenvalue weighted by Crippen LogP contribution is -2.22. The Morgan fingerprint density at radius 1 is 0.857 bits per heavy atom. The van der Waals surface area contributed by atoms with E-state index in [2.05, 4.69) is 43.3 Å². The second-order valence-corrected chi connectivity index (χ2v) is 9.49. The van der Waals surface area contributed by atoms with Crippen LogP contribution in [0.5, 0.6) is 5.75 Å². The van der Waals surface area contributed by atoms with Gasteiger partial charge in [-0.3, -0.25) is 0 Å². The predicted molar refractivity (Wildman–Crippen MR) is 135 cm³/mol. The van der Waals surface area contributed by atoms with Crippen molar-refractivity contribution in [2.24, 2.45) is 0 Å². The highest BCUT2D eigenvalue weighted by Gasteiger charge is 2.25. The molecule has 2 aliphatic rings. The van der Waals surface area contributed by atoms with Crippen LogP contribution in [-0.4, -0.2) is 38.2 Å². The van der Waals surface area contributed by atoms with Gasteiger partial charge in [-0.2, -0.15) is 0 Å². The normalized spacial score (nSPS) is 21.5. The van der Waals surface area contributed by atoms with E-state index in [4.69, 9.17) is 18.9 Å². The van der Waals surface area contributed by atoms with Crippen molar-refractivity contribution in [3.05, 3.63) is 89.5 Å². The summed E-state index contributed by atoms with van der Waals surface area (Å²) in [5.74, 6) is 0.699. The summed E-state index contributed by atoms with van der Waals surface area (Å²) in [4.78, 5) is 12.6. The largest absolute Gasteiger partial charge is 0.423 e. The molecule has 5 nitrogen and oxygen atoms in total. The fourth-order valence-electron chi connectivity index (χ4n) is 4.57. The summed E-state index contributed by atoms with van der Waals surface area (Å²) >= 11 is 0. The van der Waals surface area contributed by atoms with Crippen molar-refractivity contribution in [3.8, 4) is 16.9 Å². The molecule has 1 aliphatic carbocycles. The Morgan fingerprint density at radius 2 is 1.49 bits per heavy atom. The summed E-state index contributed by atoms with van der Waals surface area (Å²) in [7, 11) is 0. The van der Waals surface area contributed by atoms with E-state index < -0.39 is 0 Å². The molecule has 5 heteroatoms. The highest BCUT2D eigenvalue weighted by atomic mass is 16.7. The van der Waals surface area contributed by atoms with Crippen LogP contribution >= 0.6 is 0 Å². The lowest BCUT2D eigenvalue weighted by Gasteiger charge is -2.28. The van der Waals surface area contributed by atoms with Gasteiger partial charge in [0.15, 0.2) is 0 Å².